The van der Waals surface area contributed by atoms with Crippen molar-refractivity contribution in [2.24, 2.45) is 5.92 Å². The minimum Gasteiger partial charge on any atom is -0.489 e. The van der Waals surface area contributed by atoms with E-state index in [2.05, 4.69) is 45.1 Å². The number of benzene rings is 1. The van der Waals surface area contributed by atoms with Crippen molar-refractivity contribution in [3.8, 4) is 5.75 Å². The summed E-state index contributed by atoms with van der Waals surface area (Å²) in [4.78, 5) is 0. The lowest BCUT2D eigenvalue weighted by atomic mass is 10.1. The molecule has 0 amide bonds. The summed E-state index contributed by atoms with van der Waals surface area (Å²) in [5, 5.41) is 3.34. The number of likely N-dealkylation sites (N-methyl/N-ethyl adjacent to an activating group) is 1. The molecule has 0 aromatic heterocycles. The highest BCUT2D eigenvalue weighted by molar-refractivity contribution is 5.26. The van der Waals surface area contributed by atoms with Gasteiger partial charge in [0.15, 0.2) is 0 Å². The Labute approximate surface area is 99.0 Å². The second kappa shape index (κ2) is 6.54. The van der Waals surface area contributed by atoms with E-state index in [1.165, 1.54) is 5.56 Å². The first-order valence-electron chi connectivity index (χ1n) is 6.07. The average Bonchev–Trinajstić information content (AvgIpc) is 2.26. The van der Waals surface area contributed by atoms with E-state index in [4.69, 9.17) is 4.74 Å². The van der Waals surface area contributed by atoms with E-state index in [0.717, 1.165) is 18.8 Å². The second-order valence-corrected chi connectivity index (χ2v) is 4.52. The van der Waals surface area contributed by atoms with Gasteiger partial charge in [-0.3, -0.25) is 0 Å². The summed E-state index contributed by atoms with van der Waals surface area (Å²) in [7, 11) is 0. The third-order valence-corrected chi connectivity index (χ3v) is 2.65. The van der Waals surface area contributed by atoms with Crippen LogP contribution in [-0.2, 0) is 0 Å². The highest BCUT2D eigenvalue weighted by atomic mass is 16.5. The molecule has 2 heteroatoms. The Bertz CT molecular complexity index is 292. The summed E-state index contributed by atoms with van der Waals surface area (Å²) < 4.78 is 5.97. The summed E-state index contributed by atoms with van der Waals surface area (Å²) in [6, 6.07) is 8.24. The average molecular weight is 221 g/mol. The van der Waals surface area contributed by atoms with Crippen molar-refractivity contribution in [2.75, 3.05) is 13.1 Å². The van der Waals surface area contributed by atoms with E-state index < -0.39 is 0 Å². The molecule has 0 fully saturated rings. The standard InChI is InChI=1S/C14H23NO/c1-5-15-10-14(11(2)3)16-13-8-6-12(4)7-9-13/h6-9,11,14-15H,5,10H2,1-4H3. The van der Waals surface area contributed by atoms with Gasteiger partial charge in [-0.2, -0.15) is 0 Å². The maximum absolute atomic E-state index is 5.97. The maximum atomic E-state index is 5.97. The monoisotopic (exact) mass is 221 g/mol. The third-order valence-electron chi connectivity index (χ3n) is 2.65. The topological polar surface area (TPSA) is 21.3 Å². The van der Waals surface area contributed by atoms with Gasteiger partial charge >= 0.3 is 0 Å². The molecule has 1 unspecified atom stereocenters. The highest BCUT2D eigenvalue weighted by Crippen LogP contribution is 2.16. The Hall–Kier alpha value is -1.02. The first-order valence-corrected chi connectivity index (χ1v) is 6.07. The van der Waals surface area contributed by atoms with E-state index >= 15 is 0 Å². The van der Waals surface area contributed by atoms with Gasteiger partial charge < -0.3 is 10.1 Å². The van der Waals surface area contributed by atoms with E-state index in [9.17, 15) is 0 Å². The third kappa shape index (κ3) is 4.23. The van der Waals surface area contributed by atoms with Crippen molar-refractivity contribution in [3.05, 3.63) is 29.8 Å². The Balaban J connectivity index is 2.57. The van der Waals surface area contributed by atoms with Crippen LogP contribution in [0.1, 0.15) is 26.3 Å². The predicted octanol–water partition coefficient (Wildman–Crippen LogP) is 3.01. The lowest BCUT2D eigenvalue weighted by Crippen LogP contribution is -2.35. The first-order chi connectivity index (χ1) is 7.63. The van der Waals surface area contributed by atoms with Crippen LogP contribution in [0.2, 0.25) is 0 Å². The smallest absolute Gasteiger partial charge is 0.119 e. The zero-order chi connectivity index (χ0) is 12.0. The van der Waals surface area contributed by atoms with Crippen LogP contribution < -0.4 is 10.1 Å². The summed E-state index contributed by atoms with van der Waals surface area (Å²) in [5.74, 6) is 1.47. The van der Waals surface area contributed by atoms with E-state index in [1.54, 1.807) is 0 Å². The molecule has 0 heterocycles. The quantitative estimate of drug-likeness (QED) is 0.797. The Morgan fingerprint density at radius 2 is 1.81 bits per heavy atom. The molecule has 1 aromatic carbocycles. The molecule has 0 saturated carbocycles. The number of nitrogens with one attached hydrogen (secondary N) is 1. The molecule has 0 aliphatic carbocycles. The molecule has 1 atom stereocenters. The Morgan fingerprint density at radius 1 is 1.19 bits per heavy atom. The number of hydrogen-bond acceptors (Lipinski definition) is 2. The van der Waals surface area contributed by atoms with Crippen molar-refractivity contribution in [3.63, 3.8) is 0 Å². The van der Waals surface area contributed by atoms with Crippen LogP contribution in [0.25, 0.3) is 0 Å². The van der Waals surface area contributed by atoms with Crippen molar-refractivity contribution in [2.45, 2.75) is 33.8 Å². The lowest BCUT2D eigenvalue weighted by molar-refractivity contribution is 0.149. The van der Waals surface area contributed by atoms with Gasteiger partial charge in [-0.1, -0.05) is 38.5 Å². The molecule has 1 aromatic rings. The molecule has 2 nitrogen and oxygen atoms in total. The molecule has 1 rings (SSSR count). The molecular formula is C14H23NO. The van der Waals surface area contributed by atoms with Crippen LogP contribution in [0.3, 0.4) is 0 Å². The zero-order valence-electron chi connectivity index (χ0n) is 10.8. The Kier molecular flexibility index (Phi) is 5.33. The fourth-order valence-corrected chi connectivity index (χ4v) is 1.49. The molecule has 0 radical (unpaired) electrons. The minimum atomic E-state index is 0.239. The van der Waals surface area contributed by atoms with Crippen LogP contribution in [0.4, 0.5) is 0 Å². The van der Waals surface area contributed by atoms with Crippen molar-refractivity contribution in [1.29, 1.82) is 0 Å². The summed E-state index contributed by atoms with van der Waals surface area (Å²) in [6.07, 6.45) is 0.239. The predicted molar refractivity (Wildman–Crippen MR) is 69.0 cm³/mol. The van der Waals surface area contributed by atoms with E-state index in [1.807, 2.05) is 12.1 Å². The zero-order valence-corrected chi connectivity index (χ0v) is 10.8. The van der Waals surface area contributed by atoms with Crippen LogP contribution in [-0.4, -0.2) is 19.2 Å². The fraction of sp³-hybridized carbons (Fsp3) is 0.571. The minimum absolute atomic E-state index is 0.239. The normalized spacial score (nSPS) is 12.8. The molecule has 0 spiro atoms. The van der Waals surface area contributed by atoms with E-state index in [-0.39, 0.29) is 6.10 Å². The van der Waals surface area contributed by atoms with Gasteiger partial charge in [-0.25, -0.2) is 0 Å². The van der Waals surface area contributed by atoms with Gasteiger partial charge in [0.05, 0.1) is 0 Å². The molecule has 1 N–H and O–H groups in total. The van der Waals surface area contributed by atoms with E-state index in [0.29, 0.717) is 5.92 Å². The number of hydrogen-bond donors (Lipinski definition) is 1. The van der Waals surface area contributed by atoms with Gasteiger partial charge in [-0.15, -0.1) is 0 Å². The Morgan fingerprint density at radius 3 is 2.31 bits per heavy atom. The van der Waals surface area contributed by atoms with Gasteiger partial charge in [0.1, 0.15) is 11.9 Å². The summed E-state index contributed by atoms with van der Waals surface area (Å²) in [5.41, 5.74) is 1.26. The van der Waals surface area contributed by atoms with Crippen molar-refractivity contribution in [1.82, 2.24) is 5.32 Å². The summed E-state index contributed by atoms with van der Waals surface area (Å²) >= 11 is 0. The molecular weight excluding hydrogens is 198 g/mol. The van der Waals surface area contributed by atoms with Crippen LogP contribution >= 0.6 is 0 Å². The number of rotatable bonds is 6. The van der Waals surface area contributed by atoms with Crippen LogP contribution in [0, 0.1) is 12.8 Å². The first kappa shape index (κ1) is 13.0. The molecule has 16 heavy (non-hydrogen) atoms. The SMILES string of the molecule is CCNCC(Oc1ccc(C)cc1)C(C)C. The van der Waals surface area contributed by atoms with Gasteiger partial charge in [0.25, 0.3) is 0 Å². The number of aryl methyl sites for hydroxylation is 1. The van der Waals surface area contributed by atoms with Crippen LogP contribution in [0.15, 0.2) is 24.3 Å². The molecule has 0 aliphatic heterocycles. The van der Waals surface area contributed by atoms with Gasteiger partial charge in [0, 0.05) is 6.54 Å². The maximum Gasteiger partial charge on any atom is 0.119 e. The molecule has 0 saturated heterocycles. The molecule has 0 bridgehead atoms. The summed E-state index contributed by atoms with van der Waals surface area (Å²) in [6.45, 7) is 10.5. The lowest BCUT2D eigenvalue weighted by Gasteiger charge is -2.23. The number of ether oxygens (including phenoxy) is 1. The van der Waals surface area contributed by atoms with Crippen molar-refractivity contribution < 1.29 is 4.74 Å². The highest BCUT2D eigenvalue weighted by Gasteiger charge is 2.14. The second-order valence-electron chi connectivity index (χ2n) is 4.52. The largest absolute Gasteiger partial charge is 0.489 e. The fourth-order valence-electron chi connectivity index (χ4n) is 1.49. The van der Waals surface area contributed by atoms with Crippen LogP contribution in [0.5, 0.6) is 5.75 Å². The van der Waals surface area contributed by atoms with Gasteiger partial charge in [-0.05, 0) is 31.5 Å². The van der Waals surface area contributed by atoms with Gasteiger partial charge in [0.2, 0.25) is 0 Å². The molecule has 90 valence electrons. The molecule has 0 aliphatic rings. The van der Waals surface area contributed by atoms with Crippen molar-refractivity contribution >= 4 is 0 Å².